The highest BCUT2D eigenvalue weighted by molar-refractivity contribution is 5.80. The van der Waals surface area contributed by atoms with Crippen molar-refractivity contribution in [1.29, 1.82) is 0 Å². The summed E-state index contributed by atoms with van der Waals surface area (Å²) in [7, 11) is 0. The summed E-state index contributed by atoms with van der Waals surface area (Å²) in [5.74, 6) is 2.35. The maximum atomic E-state index is 12.4. The molecule has 2 aromatic rings. The summed E-state index contributed by atoms with van der Waals surface area (Å²) in [5.41, 5.74) is 8.89. The van der Waals surface area contributed by atoms with Gasteiger partial charge in [0.25, 0.3) is 0 Å². The Balaban J connectivity index is 1.60. The third-order valence-corrected chi connectivity index (χ3v) is 5.75. The molecule has 2 atom stereocenters. The van der Waals surface area contributed by atoms with E-state index >= 15 is 0 Å². The third-order valence-electron chi connectivity index (χ3n) is 5.75. The first-order valence-electron chi connectivity index (χ1n) is 9.48. The van der Waals surface area contributed by atoms with Gasteiger partial charge in [-0.15, -0.1) is 0 Å². The van der Waals surface area contributed by atoms with Crippen LogP contribution in [0.2, 0.25) is 0 Å². The number of amides is 1. The van der Waals surface area contributed by atoms with E-state index in [1.54, 1.807) is 0 Å². The van der Waals surface area contributed by atoms with Gasteiger partial charge in [-0.3, -0.25) is 4.79 Å². The lowest BCUT2D eigenvalue weighted by atomic mass is 9.97. The number of aromatic nitrogens is 2. The van der Waals surface area contributed by atoms with Crippen molar-refractivity contribution in [3.05, 3.63) is 47.4 Å². The molecular weight excluding hydrogens is 326 g/mol. The zero-order valence-corrected chi connectivity index (χ0v) is 14.7. The fraction of sp³-hybridized carbons (Fsp3) is 0.450. The van der Waals surface area contributed by atoms with E-state index in [0.29, 0.717) is 5.92 Å². The summed E-state index contributed by atoms with van der Waals surface area (Å²) < 4.78 is 0. The molecule has 1 aliphatic carbocycles. The minimum atomic E-state index is 0.0279. The lowest BCUT2D eigenvalue weighted by Crippen LogP contribution is -2.45. The van der Waals surface area contributed by atoms with Crippen LogP contribution in [0.3, 0.4) is 0 Å². The van der Waals surface area contributed by atoms with E-state index in [-0.39, 0.29) is 24.5 Å². The number of nitrogens with one attached hydrogen (secondary N) is 1. The number of para-hydroxylation sites is 1. The second-order valence-corrected chi connectivity index (χ2v) is 7.51. The Bertz CT molecular complexity index is 849. The molecule has 2 aliphatic heterocycles. The van der Waals surface area contributed by atoms with Crippen LogP contribution in [0.25, 0.3) is 0 Å². The highest BCUT2D eigenvalue weighted by Gasteiger charge is 2.45. The molecule has 1 saturated carbocycles. The Morgan fingerprint density at radius 2 is 1.96 bits per heavy atom. The van der Waals surface area contributed by atoms with Gasteiger partial charge in [-0.2, -0.15) is 0 Å². The van der Waals surface area contributed by atoms with Crippen LogP contribution < -0.4 is 11.1 Å². The third kappa shape index (κ3) is 2.56. The lowest BCUT2D eigenvalue weighted by Gasteiger charge is -2.36. The van der Waals surface area contributed by atoms with Gasteiger partial charge in [0.2, 0.25) is 5.91 Å². The van der Waals surface area contributed by atoms with Crippen molar-refractivity contribution < 1.29 is 4.79 Å². The van der Waals surface area contributed by atoms with E-state index in [4.69, 9.17) is 15.7 Å². The number of hydrogen-bond acceptors (Lipinski definition) is 5. The van der Waals surface area contributed by atoms with Gasteiger partial charge in [0.05, 0.1) is 18.3 Å². The standard InChI is InChI=1S/C20H23N5O/c21-11-17(26)25-14-8-9-16(25)18-15(10-14)23-19(12-6-7-12)24-20(18)22-13-4-2-1-3-5-13/h1-5,12,14,16H,6-11,21H2,(H,22,23,24)/t14-,16-/m1/s1. The zero-order valence-electron chi connectivity index (χ0n) is 14.7. The van der Waals surface area contributed by atoms with Gasteiger partial charge in [0.15, 0.2) is 0 Å². The van der Waals surface area contributed by atoms with Crippen molar-refractivity contribution in [1.82, 2.24) is 14.9 Å². The average molecular weight is 349 g/mol. The predicted molar refractivity (Wildman–Crippen MR) is 99.1 cm³/mol. The summed E-state index contributed by atoms with van der Waals surface area (Å²) in [6.07, 6.45) is 5.13. The number of rotatable bonds is 4. The molecule has 6 heteroatoms. The molecule has 3 aliphatic rings. The molecule has 1 aromatic heterocycles. The number of anilines is 2. The van der Waals surface area contributed by atoms with Gasteiger partial charge in [-0.25, -0.2) is 9.97 Å². The molecule has 2 fully saturated rings. The van der Waals surface area contributed by atoms with Crippen molar-refractivity contribution in [3.8, 4) is 0 Å². The van der Waals surface area contributed by atoms with Crippen LogP contribution in [-0.2, 0) is 11.2 Å². The number of hydrogen-bond donors (Lipinski definition) is 2. The van der Waals surface area contributed by atoms with Crippen LogP contribution in [0, 0.1) is 0 Å². The first kappa shape index (κ1) is 15.8. The van der Waals surface area contributed by atoms with E-state index < -0.39 is 0 Å². The van der Waals surface area contributed by atoms with Crippen molar-refractivity contribution >= 4 is 17.4 Å². The number of nitrogens with two attached hydrogens (primary N) is 1. The number of fused-ring (bicyclic) bond motifs is 4. The Labute approximate surface area is 152 Å². The molecule has 0 unspecified atom stereocenters. The smallest absolute Gasteiger partial charge is 0.237 e. The highest BCUT2D eigenvalue weighted by Crippen LogP contribution is 2.47. The number of carbonyl (C=O) groups excluding carboxylic acids is 1. The molecule has 3 heterocycles. The molecule has 0 spiro atoms. The molecular formula is C20H23N5O. The molecule has 3 N–H and O–H groups in total. The lowest BCUT2D eigenvalue weighted by molar-refractivity contribution is -0.133. The van der Waals surface area contributed by atoms with Gasteiger partial charge in [0, 0.05) is 29.6 Å². The van der Waals surface area contributed by atoms with E-state index in [9.17, 15) is 4.79 Å². The van der Waals surface area contributed by atoms with Gasteiger partial charge >= 0.3 is 0 Å². The van der Waals surface area contributed by atoms with Gasteiger partial charge < -0.3 is 16.0 Å². The van der Waals surface area contributed by atoms with Crippen molar-refractivity contribution in [3.63, 3.8) is 0 Å². The van der Waals surface area contributed by atoms with Crippen LogP contribution in [-0.4, -0.2) is 33.4 Å². The summed E-state index contributed by atoms with van der Waals surface area (Å²) in [4.78, 5) is 24.2. The second-order valence-electron chi connectivity index (χ2n) is 7.51. The van der Waals surface area contributed by atoms with Crippen LogP contribution >= 0.6 is 0 Å². The van der Waals surface area contributed by atoms with Crippen molar-refractivity contribution in [2.24, 2.45) is 5.73 Å². The Kier molecular flexibility index (Phi) is 3.67. The number of nitrogens with zero attached hydrogens (tertiary/aromatic N) is 3. The predicted octanol–water partition coefficient (Wildman–Crippen LogP) is 2.64. The second kappa shape index (κ2) is 6.06. The monoisotopic (exact) mass is 349 g/mol. The molecule has 5 rings (SSSR count). The summed E-state index contributed by atoms with van der Waals surface area (Å²) >= 11 is 0. The number of benzene rings is 1. The normalized spacial score (nSPS) is 23.7. The first-order valence-corrected chi connectivity index (χ1v) is 9.48. The molecule has 2 bridgehead atoms. The minimum Gasteiger partial charge on any atom is -0.340 e. The maximum Gasteiger partial charge on any atom is 0.237 e. The fourth-order valence-electron chi connectivity index (χ4n) is 4.39. The topological polar surface area (TPSA) is 84.1 Å². The Hall–Kier alpha value is -2.47. The molecule has 0 radical (unpaired) electrons. The Morgan fingerprint density at radius 1 is 1.15 bits per heavy atom. The Morgan fingerprint density at radius 3 is 2.69 bits per heavy atom. The maximum absolute atomic E-state index is 12.4. The molecule has 134 valence electrons. The summed E-state index contributed by atoms with van der Waals surface area (Å²) in [6, 6.07) is 10.4. The van der Waals surface area contributed by atoms with Gasteiger partial charge in [-0.1, -0.05) is 18.2 Å². The van der Waals surface area contributed by atoms with Gasteiger partial charge in [0.1, 0.15) is 11.6 Å². The highest BCUT2D eigenvalue weighted by atomic mass is 16.2. The molecule has 26 heavy (non-hydrogen) atoms. The zero-order chi connectivity index (χ0) is 17.7. The largest absolute Gasteiger partial charge is 0.340 e. The fourth-order valence-corrected chi connectivity index (χ4v) is 4.39. The number of carbonyl (C=O) groups is 1. The van der Waals surface area contributed by atoms with E-state index in [2.05, 4.69) is 5.32 Å². The minimum absolute atomic E-state index is 0.0279. The average Bonchev–Trinajstić information content (AvgIpc) is 3.46. The quantitative estimate of drug-likeness (QED) is 0.886. The summed E-state index contributed by atoms with van der Waals surface area (Å²) in [5, 5.41) is 3.50. The van der Waals surface area contributed by atoms with E-state index in [0.717, 1.165) is 47.8 Å². The molecule has 1 saturated heterocycles. The van der Waals surface area contributed by atoms with Crippen LogP contribution in [0.4, 0.5) is 11.5 Å². The molecule has 6 nitrogen and oxygen atoms in total. The van der Waals surface area contributed by atoms with Gasteiger partial charge in [-0.05, 0) is 37.8 Å². The first-order chi connectivity index (χ1) is 12.7. The van der Waals surface area contributed by atoms with Crippen LogP contribution in [0.5, 0.6) is 0 Å². The molecule has 1 aromatic carbocycles. The van der Waals surface area contributed by atoms with Crippen LogP contribution in [0.15, 0.2) is 30.3 Å². The van der Waals surface area contributed by atoms with E-state index in [1.807, 2.05) is 35.2 Å². The van der Waals surface area contributed by atoms with Crippen molar-refractivity contribution in [2.45, 2.75) is 50.1 Å². The summed E-state index contributed by atoms with van der Waals surface area (Å²) in [6.45, 7) is 0.0603. The molecule has 1 amide bonds. The van der Waals surface area contributed by atoms with Crippen LogP contribution in [0.1, 0.15) is 54.7 Å². The van der Waals surface area contributed by atoms with Crippen molar-refractivity contribution in [2.75, 3.05) is 11.9 Å². The van der Waals surface area contributed by atoms with E-state index in [1.165, 1.54) is 12.8 Å². The SMILES string of the molecule is NCC(=O)N1[C@@H]2CC[C@@H]1c1c(nc(C3CC3)nc1Nc1ccccc1)C2.